The lowest BCUT2D eigenvalue weighted by Crippen LogP contribution is -2.37. The van der Waals surface area contributed by atoms with Crippen molar-refractivity contribution < 1.29 is 9.21 Å². The summed E-state index contributed by atoms with van der Waals surface area (Å²) in [4.78, 5) is 13.6. The number of furan rings is 1. The van der Waals surface area contributed by atoms with E-state index in [9.17, 15) is 4.79 Å². The zero-order chi connectivity index (χ0) is 11.4. The Labute approximate surface area is 94.9 Å². The molecule has 0 bridgehead atoms. The van der Waals surface area contributed by atoms with E-state index in [2.05, 4.69) is 5.32 Å². The number of hydrogen-bond acceptors (Lipinski definition) is 3. The van der Waals surface area contributed by atoms with Gasteiger partial charge in [-0.2, -0.15) is 0 Å². The summed E-state index contributed by atoms with van der Waals surface area (Å²) in [6, 6.07) is 3.93. The molecule has 4 nitrogen and oxygen atoms in total. The number of nitrogens with one attached hydrogen (secondary N) is 1. The van der Waals surface area contributed by atoms with Crippen LogP contribution in [0.1, 0.15) is 12.2 Å². The van der Waals surface area contributed by atoms with Crippen LogP contribution in [0.25, 0.3) is 6.08 Å². The third-order valence-corrected chi connectivity index (χ3v) is 2.86. The first-order valence-corrected chi connectivity index (χ1v) is 5.46. The van der Waals surface area contributed by atoms with E-state index >= 15 is 0 Å². The molecule has 0 aromatic carbocycles. The van der Waals surface area contributed by atoms with Gasteiger partial charge in [0, 0.05) is 25.7 Å². The Kier molecular flexibility index (Phi) is 3.41. The minimum absolute atomic E-state index is 0.0186. The van der Waals surface area contributed by atoms with Crippen molar-refractivity contribution in [3.05, 3.63) is 30.2 Å². The van der Waals surface area contributed by atoms with Crippen molar-refractivity contribution in [3.8, 4) is 0 Å². The van der Waals surface area contributed by atoms with E-state index in [0.717, 1.165) is 19.5 Å². The number of carbonyl (C=O) groups is 1. The molecule has 0 saturated carbocycles. The van der Waals surface area contributed by atoms with Crippen LogP contribution >= 0.6 is 0 Å². The molecule has 1 aliphatic heterocycles. The van der Waals surface area contributed by atoms with Crippen LogP contribution in [0.3, 0.4) is 0 Å². The first-order chi connectivity index (χ1) is 7.77. The molecule has 86 valence electrons. The number of nitrogens with zero attached hydrogens (tertiary/aromatic N) is 1. The molecule has 1 unspecified atom stereocenters. The normalized spacial score (nSPS) is 20.4. The van der Waals surface area contributed by atoms with E-state index in [1.54, 1.807) is 29.4 Å². The molecule has 1 aliphatic rings. The Morgan fingerprint density at radius 3 is 3.19 bits per heavy atom. The van der Waals surface area contributed by atoms with Gasteiger partial charge in [-0.25, -0.2) is 0 Å². The molecule has 1 saturated heterocycles. The molecule has 0 spiro atoms. The molecule has 1 aromatic rings. The Morgan fingerprint density at radius 1 is 1.69 bits per heavy atom. The average Bonchev–Trinajstić information content (AvgIpc) is 2.96. The van der Waals surface area contributed by atoms with Gasteiger partial charge in [0.15, 0.2) is 0 Å². The quantitative estimate of drug-likeness (QED) is 0.776. The largest absolute Gasteiger partial charge is 0.465 e. The minimum atomic E-state index is 0.0186. The average molecular weight is 220 g/mol. The summed E-state index contributed by atoms with van der Waals surface area (Å²) in [7, 11) is 1.84. The lowest BCUT2D eigenvalue weighted by atomic mass is 10.2. The third kappa shape index (κ3) is 2.52. The molecule has 0 radical (unpaired) electrons. The van der Waals surface area contributed by atoms with Crippen molar-refractivity contribution in [2.75, 3.05) is 20.1 Å². The Bertz CT molecular complexity index is 364. The molecule has 1 aromatic heterocycles. The summed E-state index contributed by atoms with van der Waals surface area (Å²) >= 11 is 0. The molecule has 1 N–H and O–H groups in total. The lowest BCUT2D eigenvalue weighted by molar-refractivity contribution is -0.126. The first-order valence-electron chi connectivity index (χ1n) is 5.46. The molecule has 4 heteroatoms. The zero-order valence-electron chi connectivity index (χ0n) is 9.35. The number of rotatable bonds is 3. The molecule has 1 fully saturated rings. The van der Waals surface area contributed by atoms with E-state index in [0.29, 0.717) is 11.8 Å². The highest BCUT2D eigenvalue weighted by Gasteiger charge is 2.21. The highest BCUT2D eigenvalue weighted by molar-refractivity contribution is 5.91. The number of amides is 1. The summed E-state index contributed by atoms with van der Waals surface area (Å²) in [6.07, 6.45) is 5.87. The molecule has 2 heterocycles. The van der Waals surface area contributed by atoms with Crippen LogP contribution in [0, 0.1) is 0 Å². The number of hydrogen-bond donors (Lipinski definition) is 1. The molecular formula is C12H16N2O2. The van der Waals surface area contributed by atoms with Gasteiger partial charge in [-0.3, -0.25) is 4.79 Å². The number of carbonyl (C=O) groups excluding carboxylic acids is 1. The van der Waals surface area contributed by atoms with Gasteiger partial charge in [-0.05, 0) is 31.2 Å². The molecule has 16 heavy (non-hydrogen) atoms. The molecule has 1 amide bonds. The highest BCUT2D eigenvalue weighted by Crippen LogP contribution is 2.08. The smallest absolute Gasteiger partial charge is 0.246 e. The van der Waals surface area contributed by atoms with Crippen molar-refractivity contribution in [1.29, 1.82) is 0 Å². The van der Waals surface area contributed by atoms with Crippen LogP contribution in [-0.4, -0.2) is 37.0 Å². The molecule has 1 atom stereocenters. The van der Waals surface area contributed by atoms with Gasteiger partial charge in [0.05, 0.1) is 6.26 Å². The predicted molar refractivity (Wildman–Crippen MR) is 61.8 cm³/mol. The lowest BCUT2D eigenvalue weighted by Gasteiger charge is -2.21. The van der Waals surface area contributed by atoms with Crippen LogP contribution in [-0.2, 0) is 4.79 Å². The SMILES string of the molecule is CN(C(=O)/C=C/c1ccco1)C1CCNC1. The fraction of sp³-hybridized carbons (Fsp3) is 0.417. The highest BCUT2D eigenvalue weighted by atomic mass is 16.3. The van der Waals surface area contributed by atoms with Gasteiger partial charge in [0.25, 0.3) is 0 Å². The van der Waals surface area contributed by atoms with Crippen LogP contribution in [0.2, 0.25) is 0 Å². The van der Waals surface area contributed by atoms with Crippen LogP contribution in [0.4, 0.5) is 0 Å². The van der Waals surface area contributed by atoms with Crippen LogP contribution < -0.4 is 5.32 Å². The predicted octanol–water partition coefficient (Wildman–Crippen LogP) is 1.11. The van der Waals surface area contributed by atoms with E-state index in [1.165, 1.54) is 0 Å². The second-order valence-corrected chi connectivity index (χ2v) is 3.94. The summed E-state index contributed by atoms with van der Waals surface area (Å²) in [5, 5.41) is 3.24. The van der Waals surface area contributed by atoms with Gasteiger partial charge < -0.3 is 14.6 Å². The van der Waals surface area contributed by atoms with Crippen molar-refractivity contribution in [3.63, 3.8) is 0 Å². The maximum absolute atomic E-state index is 11.8. The van der Waals surface area contributed by atoms with Gasteiger partial charge in [-0.15, -0.1) is 0 Å². The maximum atomic E-state index is 11.8. The fourth-order valence-corrected chi connectivity index (χ4v) is 1.81. The Morgan fingerprint density at radius 2 is 2.56 bits per heavy atom. The minimum Gasteiger partial charge on any atom is -0.465 e. The van der Waals surface area contributed by atoms with Crippen molar-refractivity contribution in [2.24, 2.45) is 0 Å². The van der Waals surface area contributed by atoms with Gasteiger partial charge in [0.1, 0.15) is 5.76 Å². The standard InChI is InChI=1S/C12H16N2O2/c1-14(10-6-7-13-9-10)12(15)5-4-11-3-2-8-16-11/h2-5,8,10,13H,6-7,9H2,1H3/b5-4+. The monoisotopic (exact) mass is 220 g/mol. The third-order valence-electron chi connectivity index (χ3n) is 2.86. The van der Waals surface area contributed by atoms with E-state index < -0.39 is 0 Å². The molecule has 2 rings (SSSR count). The second kappa shape index (κ2) is 4.99. The second-order valence-electron chi connectivity index (χ2n) is 3.94. The fourth-order valence-electron chi connectivity index (χ4n) is 1.81. The van der Waals surface area contributed by atoms with Crippen LogP contribution in [0.15, 0.2) is 28.9 Å². The Balaban J connectivity index is 1.92. The van der Waals surface area contributed by atoms with Gasteiger partial charge in [-0.1, -0.05) is 0 Å². The van der Waals surface area contributed by atoms with Gasteiger partial charge >= 0.3 is 0 Å². The topological polar surface area (TPSA) is 45.5 Å². The molecule has 0 aliphatic carbocycles. The summed E-state index contributed by atoms with van der Waals surface area (Å²) in [5.41, 5.74) is 0. The van der Waals surface area contributed by atoms with Crippen molar-refractivity contribution in [1.82, 2.24) is 10.2 Å². The van der Waals surface area contributed by atoms with Crippen LogP contribution in [0.5, 0.6) is 0 Å². The van der Waals surface area contributed by atoms with Crippen molar-refractivity contribution >= 4 is 12.0 Å². The number of likely N-dealkylation sites (N-methyl/N-ethyl adjacent to an activating group) is 1. The Hall–Kier alpha value is -1.55. The zero-order valence-corrected chi connectivity index (χ0v) is 9.35. The summed E-state index contributed by atoms with van der Waals surface area (Å²) in [5.74, 6) is 0.719. The van der Waals surface area contributed by atoms with Crippen molar-refractivity contribution in [2.45, 2.75) is 12.5 Å². The molecular weight excluding hydrogens is 204 g/mol. The van der Waals surface area contributed by atoms with E-state index in [4.69, 9.17) is 4.42 Å². The van der Waals surface area contributed by atoms with E-state index in [-0.39, 0.29) is 5.91 Å². The summed E-state index contributed by atoms with van der Waals surface area (Å²) < 4.78 is 5.12. The maximum Gasteiger partial charge on any atom is 0.246 e. The first kappa shape index (κ1) is 11.0. The van der Waals surface area contributed by atoms with E-state index in [1.807, 2.05) is 13.1 Å². The summed E-state index contributed by atoms with van der Waals surface area (Å²) in [6.45, 7) is 1.88. The van der Waals surface area contributed by atoms with Gasteiger partial charge in [0.2, 0.25) is 5.91 Å².